The number of amides is 1. The maximum atomic E-state index is 13.2. The molecule has 2 aromatic carbocycles. The molecule has 3 N–H and O–H groups in total. The van der Waals surface area contributed by atoms with Crippen molar-refractivity contribution in [2.75, 3.05) is 27.1 Å². The average molecular weight is 527 g/mol. The van der Waals surface area contributed by atoms with Gasteiger partial charge in [-0.05, 0) is 48.7 Å². The molecule has 0 unspecified atom stereocenters. The number of aromatic hydroxyl groups is 1. The van der Waals surface area contributed by atoms with Crippen LogP contribution in [-0.4, -0.2) is 49.0 Å². The maximum Gasteiger partial charge on any atom is 0.343 e. The lowest BCUT2D eigenvalue weighted by Gasteiger charge is -2.20. The fourth-order valence-corrected chi connectivity index (χ4v) is 4.22. The van der Waals surface area contributed by atoms with Crippen LogP contribution >= 0.6 is 0 Å². The number of carbonyl (C=O) groups excluding carboxylic acids is 2. The molecule has 0 bridgehead atoms. The second kappa shape index (κ2) is 11.7. The number of methoxy groups -OCH3 is 1. The van der Waals surface area contributed by atoms with E-state index in [1.807, 2.05) is 0 Å². The van der Waals surface area contributed by atoms with Crippen molar-refractivity contribution in [2.45, 2.75) is 25.7 Å². The summed E-state index contributed by atoms with van der Waals surface area (Å²) >= 11 is 0. The molecule has 1 aliphatic heterocycles. The van der Waals surface area contributed by atoms with Crippen molar-refractivity contribution in [3.05, 3.63) is 81.0 Å². The average Bonchev–Trinajstić information content (AvgIpc) is 3.38. The van der Waals surface area contributed by atoms with E-state index in [0.29, 0.717) is 29.2 Å². The van der Waals surface area contributed by atoms with E-state index in [1.165, 1.54) is 19.2 Å². The van der Waals surface area contributed by atoms with Gasteiger partial charge in [-0.1, -0.05) is 12.1 Å². The molecule has 0 spiro atoms. The van der Waals surface area contributed by atoms with Gasteiger partial charge in [0.1, 0.15) is 17.1 Å². The fraction of sp³-hybridized carbons (Fsp3) is 0.296. The first-order valence-corrected chi connectivity index (χ1v) is 11.9. The summed E-state index contributed by atoms with van der Waals surface area (Å²) in [6.07, 6.45) is 1.27. The molecule has 200 valence electrons. The zero-order valence-corrected chi connectivity index (χ0v) is 20.8. The van der Waals surface area contributed by atoms with Gasteiger partial charge in [-0.2, -0.15) is 0 Å². The topological polar surface area (TPSA) is 136 Å². The maximum absolute atomic E-state index is 13.2. The Morgan fingerprint density at radius 2 is 1.97 bits per heavy atom. The Kier molecular flexibility index (Phi) is 8.15. The van der Waals surface area contributed by atoms with Crippen LogP contribution in [0, 0.1) is 5.82 Å². The second-order valence-corrected chi connectivity index (χ2v) is 8.45. The molecule has 11 heteroatoms. The number of benzene rings is 2. The Balaban J connectivity index is 1.67. The Labute approximate surface area is 217 Å². The lowest BCUT2D eigenvalue weighted by atomic mass is 9.87. The summed E-state index contributed by atoms with van der Waals surface area (Å²) in [4.78, 5) is 40.9. The predicted octanol–water partition coefficient (Wildman–Crippen LogP) is 3.01. The van der Waals surface area contributed by atoms with Crippen molar-refractivity contribution in [3.63, 3.8) is 0 Å². The van der Waals surface area contributed by atoms with Gasteiger partial charge in [0.25, 0.3) is 5.56 Å². The molecule has 0 saturated carbocycles. The molecule has 1 aliphatic rings. The minimum atomic E-state index is -0.998. The summed E-state index contributed by atoms with van der Waals surface area (Å²) in [5, 5.41) is 13.8. The van der Waals surface area contributed by atoms with E-state index < -0.39 is 29.1 Å². The minimum absolute atomic E-state index is 0.0339. The van der Waals surface area contributed by atoms with Gasteiger partial charge in [0.15, 0.2) is 11.5 Å². The zero-order chi connectivity index (χ0) is 27.2. The third-order valence-corrected chi connectivity index (χ3v) is 6.07. The molecule has 0 saturated heterocycles. The van der Waals surface area contributed by atoms with Crippen LogP contribution in [0.5, 0.6) is 23.0 Å². The smallest absolute Gasteiger partial charge is 0.343 e. The normalized spacial score (nSPS) is 12.6. The van der Waals surface area contributed by atoms with E-state index in [1.54, 1.807) is 31.2 Å². The second-order valence-electron chi connectivity index (χ2n) is 8.45. The summed E-state index contributed by atoms with van der Waals surface area (Å²) in [5.41, 5.74) is 0.138. The van der Waals surface area contributed by atoms with Crippen LogP contribution in [0.15, 0.2) is 47.4 Å². The lowest BCUT2D eigenvalue weighted by Crippen LogP contribution is -2.29. The first kappa shape index (κ1) is 26.5. The molecular formula is C27H27FN2O8. The summed E-state index contributed by atoms with van der Waals surface area (Å²) in [7, 11) is 1.43. The molecule has 38 heavy (non-hydrogen) atoms. The minimum Gasteiger partial charge on any atom is -0.506 e. The Morgan fingerprint density at radius 1 is 1.21 bits per heavy atom. The number of pyridine rings is 1. The van der Waals surface area contributed by atoms with Crippen LogP contribution in [-0.2, 0) is 16.0 Å². The molecule has 0 aliphatic carbocycles. The summed E-state index contributed by atoms with van der Waals surface area (Å²) in [6, 6.07) is 9.11. The van der Waals surface area contributed by atoms with Crippen LogP contribution < -0.4 is 25.1 Å². The number of hydrogen-bond acceptors (Lipinski definition) is 8. The number of nitrogens with one attached hydrogen (secondary N) is 2. The molecule has 2 heterocycles. The van der Waals surface area contributed by atoms with Gasteiger partial charge in [0.2, 0.25) is 18.4 Å². The number of halogens is 1. The number of esters is 1. The molecule has 0 radical (unpaired) electrons. The third-order valence-electron chi connectivity index (χ3n) is 6.07. The van der Waals surface area contributed by atoms with Crippen molar-refractivity contribution in [1.82, 2.24) is 10.3 Å². The molecular weight excluding hydrogens is 499 g/mol. The quantitative estimate of drug-likeness (QED) is 0.343. The van der Waals surface area contributed by atoms with Gasteiger partial charge in [-0.25, -0.2) is 9.18 Å². The van der Waals surface area contributed by atoms with E-state index in [0.717, 1.165) is 11.8 Å². The zero-order valence-electron chi connectivity index (χ0n) is 20.8. The molecule has 1 amide bonds. The highest BCUT2D eigenvalue weighted by Gasteiger charge is 2.31. The standard InChI is InChI=1S/C27H27FN2O8/c1-3-36-27(34)19-13-30-26(33)23(24(19)32)18(16-10-20(35-2)25-21(11-16)37-14-38-25)12-22(31)29-9-8-15-4-6-17(28)7-5-15/h4-7,10-11,13,18H,3,8-9,12,14H2,1-2H3,(H,29,31)(H2,30,32,33)/t18-/m0/s1. The van der Waals surface area contributed by atoms with E-state index in [-0.39, 0.29) is 43.3 Å². The number of hydrogen-bond donors (Lipinski definition) is 3. The van der Waals surface area contributed by atoms with Gasteiger partial charge >= 0.3 is 5.97 Å². The fourth-order valence-electron chi connectivity index (χ4n) is 4.22. The van der Waals surface area contributed by atoms with E-state index in [9.17, 15) is 23.9 Å². The number of aromatic nitrogens is 1. The molecule has 1 atom stereocenters. The first-order valence-electron chi connectivity index (χ1n) is 11.9. The number of aromatic amines is 1. The third kappa shape index (κ3) is 5.72. The van der Waals surface area contributed by atoms with Gasteiger partial charge in [-0.3, -0.25) is 9.59 Å². The number of H-pyrrole nitrogens is 1. The van der Waals surface area contributed by atoms with Crippen molar-refractivity contribution in [3.8, 4) is 23.0 Å². The van der Waals surface area contributed by atoms with Crippen molar-refractivity contribution in [2.24, 2.45) is 0 Å². The Bertz CT molecular complexity index is 1390. The highest BCUT2D eigenvalue weighted by molar-refractivity contribution is 5.92. The highest BCUT2D eigenvalue weighted by atomic mass is 19.1. The summed E-state index contributed by atoms with van der Waals surface area (Å²) in [5.74, 6) is -2.16. The largest absolute Gasteiger partial charge is 0.506 e. The van der Waals surface area contributed by atoms with Crippen LogP contribution in [0.2, 0.25) is 0 Å². The first-order chi connectivity index (χ1) is 18.3. The molecule has 0 fully saturated rings. The van der Waals surface area contributed by atoms with Crippen molar-refractivity contribution >= 4 is 11.9 Å². The van der Waals surface area contributed by atoms with E-state index in [2.05, 4.69) is 10.3 Å². The van der Waals surface area contributed by atoms with Gasteiger partial charge in [-0.15, -0.1) is 0 Å². The summed E-state index contributed by atoms with van der Waals surface area (Å²) < 4.78 is 34.5. The number of ether oxygens (including phenoxy) is 4. The summed E-state index contributed by atoms with van der Waals surface area (Å²) in [6.45, 7) is 1.90. The molecule has 4 rings (SSSR count). The van der Waals surface area contributed by atoms with E-state index in [4.69, 9.17) is 18.9 Å². The van der Waals surface area contributed by atoms with Crippen LogP contribution in [0.3, 0.4) is 0 Å². The van der Waals surface area contributed by atoms with Crippen LogP contribution in [0.25, 0.3) is 0 Å². The monoisotopic (exact) mass is 526 g/mol. The van der Waals surface area contributed by atoms with Crippen molar-refractivity contribution < 1.29 is 38.0 Å². The van der Waals surface area contributed by atoms with Gasteiger partial charge in [0.05, 0.1) is 19.3 Å². The van der Waals surface area contributed by atoms with Gasteiger partial charge < -0.3 is 34.4 Å². The SMILES string of the molecule is CCOC(=O)c1c[nH]c(=O)c([C@@H](CC(=O)NCCc2ccc(F)cc2)c2cc(OC)c3c(c2)OCO3)c1O. The molecule has 10 nitrogen and oxygen atoms in total. The van der Waals surface area contributed by atoms with Crippen molar-refractivity contribution in [1.29, 1.82) is 0 Å². The molecule has 1 aromatic heterocycles. The highest BCUT2D eigenvalue weighted by Crippen LogP contribution is 2.45. The number of carbonyl (C=O) groups is 2. The van der Waals surface area contributed by atoms with Crippen LogP contribution in [0.1, 0.15) is 46.3 Å². The number of fused-ring (bicyclic) bond motifs is 1. The van der Waals surface area contributed by atoms with E-state index >= 15 is 0 Å². The lowest BCUT2D eigenvalue weighted by molar-refractivity contribution is -0.121. The molecule has 3 aromatic rings. The predicted molar refractivity (Wildman–Crippen MR) is 133 cm³/mol. The number of rotatable bonds is 10. The van der Waals surface area contributed by atoms with Gasteiger partial charge in [0, 0.05) is 25.1 Å². The van der Waals surface area contributed by atoms with Crippen LogP contribution in [0.4, 0.5) is 4.39 Å². The Hall–Kier alpha value is -4.54. The Morgan fingerprint density at radius 3 is 2.68 bits per heavy atom.